The number of rotatable bonds is 2. The predicted molar refractivity (Wildman–Crippen MR) is 143 cm³/mol. The lowest BCUT2D eigenvalue weighted by molar-refractivity contribution is 0.0682. The first kappa shape index (κ1) is 25.1. The smallest absolute Gasteiger partial charge is 0.173 e. The second-order valence-corrected chi connectivity index (χ2v) is 9.57. The van der Waals surface area contributed by atoms with Gasteiger partial charge < -0.3 is 19.7 Å². The third kappa shape index (κ3) is 4.85. The molecule has 6 nitrogen and oxygen atoms in total. The molecule has 0 amide bonds. The number of aromatic hydroxyl groups is 2. The summed E-state index contributed by atoms with van der Waals surface area (Å²) in [5.41, 5.74) is 2.89. The molecular formula is C32H28O6. The van der Waals surface area contributed by atoms with Crippen LogP contribution in [0.15, 0.2) is 97.1 Å². The Morgan fingerprint density at radius 2 is 0.921 bits per heavy atom. The van der Waals surface area contributed by atoms with E-state index in [1.54, 1.807) is 12.1 Å². The van der Waals surface area contributed by atoms with Crippen LogP contribution >= 0.6 is 0 Å². The quantitative estimate of drug-likeness (QED) is 0.313. The van der Waals surface area contributed by atoms with Gasteiger partial charge in [0.15, 0.2) is 11.6 Å². The number of phenols is 2. The number of carbonyl (C=O) groups is 2. The third-order valence-corrected chi connectivity index (χ3v) is 6.96. The Hall–Kier alpha value is -4.58. The fraction of sp³-hybridized carbons (Fsp3) is 0.188. The molecule has 4 aromatic rings. The van der Waals surface area contributed by atoms with E-state index in [4.69, 9.17) is 9.47 Å². The van der Waals surface area contributed by atoms with Crippen molar-refractivity contribution in [3.63, 3.8) is 0 Å². The number of hydrogen-bond acceptors (Lipinski definition) is 6. The molecule has 4 unspecified atom stereocenters. The van der Waals surface area contributed by atoms with Crippen molar-refractivity contribution in [2.75, 3.05) is 0 Å². The van der Waals surface area contributed by atoms with Crippen molar-refractivity contribution < 1.29 is 29.3 Å². The Balaban J connectivity index is 0.000000155. The fourth-order valence-electron chi connectivity index (χ4n) is 4.87. The Morgan fingerprint density at radius 3 is 1.29 bits per heavy atom. The minimum atomic E-state index is -0.272. The van der Waals surface area contributed by atoms with Gasteiger partial charge in [-0.3, -0.25) is 9.59 Å². The molecule has 0 radical (unpaired) electrons. The van der Waals surface area contributed by atoms with Crippen molar-refractivity contribution in [2.45, 2.75) is 26.1 Å². The summed E-state index contributed by atoms with van der Waals surface area (Å²) in [5.74, 6) is 0.719. The summed E-state index contributed by atoms with van der Waals surface area (Å²) >= 11 is 0. The molecule has 0 saturated heterocycles. The first-order valence-electron chi connectivity index (χ1n) is 12.5. The molecule has 0 spiro atoms. The molecule has 4 atom stereocenters. The molecule has 0 saturated carbocycles. The molecule has 0 aromatic heterocycles. The summed E-state index contributed by atoms with van der Waals surface area (Å²) in [7, 11) is 0. The van der Waals surface area contributed by atoms with Crippen LogP contribution in [-0.4, -0.2) is 21.8 Å². The zero-order valence-corrected chi connectivity index (χ0v) is 21.1. The van der Waals surface area contributed by atoms with Crippen LogP contribution in [0.25, 0.3) is 0 Å². The van der Waals surface area contributed by atoms with E-state index in [0.29, 0.717) is 22.6 Å². The van der Waals surface area contributed by atoms with Gasteiger partial charge >= 0.3 is 0 Å². The Kier molecular flexibility index (Phi) is 6.88. The first-order chi connectivity index (χ1) is 18.3. The third-order valence-electron chi connectivity index (χ3n) is 6.96. The normalized spacial score (nSPS) is 21.6. The monoisotopic (exact) mass is 508 g/mol. The highest BCUT2D eigenvalue weighted by Gasteiger charge is 2.36. The van der Waals surface area contributed by atoms with Crippen LogP contribution in [0.1, 0.15) is 57.9 Å². The lowest BCUT2D eigenvalue weighted by Gasteiger charge is -2.30. The van der Waals surface area contributed by atoms with Crippen LogP contribution in [0.3, 0.4) is 0 Å². The zero-order chi connectivity index (χ0) is 26.8. The lowest BCUT2D eigenvalue weighted by atomic mass is 9.87. The highest BCUT2D eigenvalue weighted by Crippen LogP contribution is 2.40. The molecule has 0 bridgehead atoms. The summed E-state index contributed by atoms with van der Waals surface area (Å²) in [6.07, 6.45) is -0.545. The molecule has 6 heteroatoms. The summed E-state index contributed by atoms with van der Waals surface area (Å²) in [6.45, 7) is 3.71. The van der Waals surface area contributed by atoms with Gasteiger partial charge in [0.25, 0.3) is 0 Å². The molecule has 38 heavy (non-hydrogen) atoms. The lowest BCUT2D eigenvalue weighted by Crippen LogP contribution is -2.29. The summed E-state index contributed by atoms with van der Waals surface area (Å²) < 4.78 is 11.8. The maximum Gasteiger partial charge on any atom is 0.173 e. The van der Waals surface area contributed by atoms with E-state index in [1.165, 1.54) is 24.3 Å². The van der Waals surface area contributed by atoms with E-state index >= 15 is 0 Å². The van der Waals surface area contributed by atoms with Crippen molar-refractivity contribution in [3.05, 3.63) is 119 Å². The van der Waals surface area contributed by atoms with Gasteiger partial charge in [-0.05, 0) is 47.5 Å². The molecule has 0 fully saturated rings. The van der Waals surface area contributed by atoms with Gasteiger partial charge in [-0.15, -0.1) is 0 Å². The van der Waals surface area contributed by atoms with E-state index in [1.807, 2.05) is 74.5 Å². The second-order valence-electron chi connectivity index (χ2n) is 9.57. The minimum Gasteiger partial charge on any atom is -0.508 e. The molecule has 2 aliphatic rings. The van der Waals surface area contributed by atoms with Gasteiger partial charge in [-0.2, -0.15) is 0 Å². The van der Waals surface area contributed by atoms with E-state index in [0.717, 1.165) is 11.1 Å². The molecule has 192 valence electrons. The Morgan fingerprint density at radius 1 is 0.553 bits per heavy atom. The molecule has 2 heterocycles. The van der Waals surface area contributed by atoms with Crippen molar-refractivity contribution in [1.29, 1.82) is 0 Å². The van der Waals surface area contributed by atoms with Crippen LogP contribution in [-0.2, 0) is 0 Å². The molecule has 0 aliphatic carbocycles. The summed E-state index contributed by atoms with van der Waals surface area (Å²) in [5, 5.41) is 18.9. The highest BCUT2D eigenvalue weighted by molar-refractivity contribution is 6.02. The first-order valence-corrected chi connectivity index (χ1v) is 12.5. The van der Waals surface area contributed by atoms with Gasteiger partial charge in [-0.1, -0.05) is 74.5 Å². The van der Waals surface area contributed by atoms with E-state index < -0.39 is 0 Å². The molecule has 4 aromatic carbocycles. The van der Waals surface area contributed by atoms with Crippen LogP contribution < -0.4 is 9.47 Å². The molecule has 2 N–H and O–H groups in total. The van der Waals surface area contributed by atoms with Crippen LogP contribution in [0, 0.1) is 11.8 Å². The number of benzene rings is 4. The SMILES string of the molecule is CC1C(=O)c2cc(O)ccc2OC1c1ccccc1.CC1C(=O)c2cc(O)ccc2OC1c1ccccc1. The molecule has 2 aliphatic heterocycles. The van der Waals surface area contributed by atoms with Gasteiger partial charge in [0, 0.05) is 0 Å². The van der Waals surface area contributed by atoms with Crippen LogP contribution in [0.2, 0.25) is 0 Å². The van der Waals surface area contributed by atoms with E-state index in [-0.39, 0.29) is 47.1 Å². The van der Waals surface area contributed by atoms with E-state index in [2.05, 4.69) is 0 Å². The average Bonchev–Trinajstić information content (AvgIpc) is 2.94. The number of hydrogen-bond donors (Lipinski definition) is 2. The van der Waals surface area contributed by atoms with E-state index in [9.17, 15) is 19.8 Å². The summed E-state index contributed by atoms with van der Waals surface area (Å²) in [4.78, 5) is 24.7. The second kappa shape index (κ2) is 10.4. The number of ketones is 2. The highest BCUT2D eigenvalue weighted by atomic mass is 16.5. The van der Waals surface area contributed by atoms with Crippen LogP contribution in [0.5, 0.6) is 23.0 Å². The van der Waals surface area contributed by atoms with Crippen molar-refractivity contribution in [2.24, 2.45) is 11.8 Å². The molecular weight excluding hydrogens is 480 g/mol. The van der Waals surface area contributed by atoms with Gasteiger partial charge in [-0.25, -0.2) is 0 Å². The van der Waals surface area contributed by atoms with Crippen molar-refractivity contribution in [1.82, 2.24) is 0 Å². The number of Topliss-reactive ketones (excluding diaryl/α,β-unsaturated/α-hetero) is 2. The number of phenolic OH excluding ortho intramolecular Hbond substituents is 2. The molecule has 6 rings (SSSR count). The maximum absolute atomic E-state index is 12.4. The van der Waals surface area contributed by atoms with Crippen LogP contribution in [0.4, 0.5) is 0 Å². The maximum atomic E-state index is 12.4. The van der Waals surface area contributed by atoms with Gasteiger partial charge in [0.1, 0.15) is 35.2 Å². The van der Waals surface area contributed by atoms with Gasteiger partial charge in [0.2, 0.25) is 0 Å². The topological polar surface area (TPSA) is 93.1 Å². The largest absolute Gasteiger partial charge is 0.508 e. The van der Waals surface area contributed by atoms with Gasteiger partial charge in [0.05, 0.1) is 23.0 Å². The Labute approximate surface area is 221 Å². The number of ether oxygens (including phenoxy) is 2. The average molecular weight is 509 g/mol. The van der Waals surface area contributed by atoms with Crippen molar-refractivity contribution >= 4 is 11.6 Å². The zero-order valence-electron chi connectivity index (χ0n) is 21.1. The minimum absolute atomic E-state index is 0.00556. The van der Waals surface area contributed by atoms with Crippen molar-refractivity contribution in [3.8, 4) is 23.0 Å². The Bertz CT molecular complexity index is 1350. The summed E-state index contributed by atoms with van der Waals surface area (Å²) in [6, 6.07) is 28.7. The fourth-order valence-corrected chi connectivity index (χ4v) is 4.87. The standard InChI is InChI=1S/2C16H14O3/c2*1-10-15(18)13-9-12(17)7-8-14(13)19-16(10)11-5-3-2-4-6-11/h2*2-10,16-17H,1H3. The number of fused-ring (bicyclic) bond motifs is 2. The number of carbonyl (C=O) groups excluding carboxylic acids is 2. The predicted octanol–water partition coefficient (Wildman–Crippen LogP) is 6.69.